The summed E-state index contributed by atoms with van der Waals surface area (Å²) in [5.74, 6) is -4.62. The molecule has 3 aromatic rings. The number of carbonyl (C=O) groups excluding carboxylic acids is 2. The molecule has 2 aromatic carbocycles. The molecule has 0 radical (unpaired) electrons. The third-order valence-corrected chi connectivity index (χ3v) is 7.16. The first-order valence-corrected chi connectivity index (χ1v) is 12.3. The molecule has 0 unspecified atom stereocenters. The quantitative estimate of drug-likeness (QED) is 0.476. The number of likely N-dealkylation sites (tertiary alicyclic amines) is 1. The average molecular weight is 521 g/mol. The summed E-state index contributed by atoms with van der Waals surface area (Å²) in [4.78, 5) is 30.9. The fourth-order valence-electron chi connectivity index (χ4n) is 4.96. The molecule has 1 aliphatic carbocycles. The Balaban J connectivity index is 1.29. The van der Waals surface area contributed by atoms with Crippen LogP contribution in [0.2, 0.25) is 5.02 Å². The fraction of sp³-hybridized carbons (Fsp3) is 0.286. The molecule has 1 atom stereocenters. The zero-order valence-electron chi connectivity index (χ0n) is 19.8. The van der Waals surface area contributed by atoms with Gasteiger partial charge in [0.05, 0.1) is 25.6 Å². The van der Waals surface area contributed by atoms with Crippen molar-refractivity contribution >= 4 is 46.3 Å². The van der Waals surface area contributed by atoms with E-state index in [4.69, 9.17) is 11.6 Å². The zero-order chi connectivity index (χ0) is 26.2. The Kier molecular flexibility index (Phi) is 6.42. The van der Waals surface area contributed by atoms with E-state index in [0.717, 1.165) is 21.2 Å². The normalized spacial score (nSPS) is 20.8. The van der Waals surface area contributed by atoms with Crippen LogP contribution in [0.4, 0.5) is 8.78 Å². The molecule has 37 heavy (non-hydrogen) atoms. The maximum atomic E-state index is 14.2. The predicted octanol–water partition coefficient (Wildman–Crippen LogP) is 5.33. The second-order valence-corrected chi connectivity index (χ2v) is 9.99. The molecule has 9 heteroatoms. The van der Waals surface area contributed by atoms with Crippen molar-refractivity contribution in [1.82, 2.24) is 15.2 Å². The molecule has 0 spiro atoms. The Morgan fingerprint density at radius 1 is 1.16 bits per heavy atom. The van der Waals surface area contributed by atoms with E-state index in [2.05, 4.69) is 10.3 Å². The molecule has 2 heterocycles. The number of alkyl halides is 2. The van der Waals surface area contributed by atoms with Gasteiger partial charge in [-0.15, -0.1) is 0 Å². The number of rotatable bonds is 6. The molecule has 2 amide bonds. The lowest BCUT2D eigenvalue weighted by Crippen LogP contribution is -2.51. The third-order valence-electron chi connectivity index (χ3n) is 6.92. The molecule has 0 bridgehead atoms. The van der Waals surface area contributed by atoms with Gasteiger partial charge in [0.25, 0.3) is 11.8 Å². The van der Waals surface area contributed by atoms with E-state index in [0.29, 0.717) is 23.4 Å². The van der Waals surface area contributed by atoms with Crippen LogP contribution in [-0.2, 0) is 4.79 Å². The largest absolute Gasteiger partial charge is 0.343 e. The number of halogens is 3. The van der Waals surface area contributed by atoms with E-state index < -0.39 is 42.8 Å². The van der Waals surface area contributed by atoms with Crippen LogP contribution in [0.1, 0.15) is 40.7 Å². The van der Waals surface area contributed by atoms with Gasteiger partial charge in [-0.1, -0.05) is 42.0 Å². The minimum Gasteiger partial charge on any atom is -0.343 e. The summed E-state index contributed by atoms with van der Waals surface area (Å²) < 4.78 is 28.4. The standard InChI is InChI=1S/C28H23ClF2N4O2/c29-23-8-5-19-11-18(1-3-20(19)12-23)2-4-21-13-33-10-9-24(21)26(37)34-14-25(36)35-17-28(30,31)15-27(35,16-32)22-6-7-22/h1-5,8-13,22H,6-7,14-15,17H2,(H,34,37)/b4-2+/t27-/m0/s1. The number of amides is 2. The summed E-state index contributed by atoms with van der Waals surface area (Å²) in [6.07, 6.45) is 7.19. The highest BCUT2D eigenvalue weighted by atomic mass is 35.5. The minimum absolute atomic E-state index is 0.255. The van der Waals surface area contributed by atoms with Crippen LogP contribution < -0.4 is 5.32 Å². The second-order valence-electron chi connectivity index (χ2n) is 9.55. The Morgan fingerprint density at radius 2 is 1.92 bits per heavy atom. The molecule has 188 valence electrons. The molecule has 2 aliphatic rings. The van der Waals surface area contributed by atoms with Gasteiger partial charge in [-0.25, -0.2) is 8.78 Å². The van der Waals surface area contributed by atoms with Crippen molar-refractivity contribution in [2.24, 2.45) is 5.92 Å². The molecule has 1 saturated heterocycles. The van der Waals surface area contributed by atoms with Crippen LogP contribution in [0, 0.1) is 17.2 Å². The zero-order valence-corrected chi connectivity index (χ0v) is 20.5. The van der Waals surface area contributed by atoms with E-state index in [1.807, 2.05) is 48.5 Å². The third kappa shape index (κ3) is 5.05. The minimum atomic E-state index is -3.13. The summed E-state index contributed by atoms with van der Waals surface area (Å²) >= 11 is 6.05. The molecule has 1 saturated carbocycles. The number of nitriles is 1. The highest BCUT2D eigenvalue weighted by molar-refractivity contribution is 6.31. The lowest BCUT2D eigenvalue weighted by molar-refractivity contribution is -0.134. The number of benzene rings is 2. The number of aromatic nitrogens is 1. The number of carbonyl (C=O) groups is 2. The molecular formula is C28H23ClF2N4O2. The Morgan fingerprint density at radius 3 is 2.68 bits per heavy atom. The number of nitrogens with one attached hydrogen (secondary N) is 1. The molecule has 2 fully saturated rings. The van der Waals surface area contributed by atoms with Crippen molar-refractivity contribution in [3.8, 4) is 6.07 Å². The first-order chi connectivity index (χ1) is 17.7. The topological polar surface area (TPSA) is 86.1 Å². The summed E-state index contributed by atoms with van der Waals surface area (Å²) in [6, 6.07) is 15.0. The van der Waals surface area contributed by atoms with Gasteiger partial charge in [0.15, 0.2) is 0 Å². The fourth-order valence-corrected chi connectivity index (χ4v) is 5.14. The van der Waals surface area contributed by atoms with Crippen LogP contribution in [0.5, 0.6) is 0 Å². The Hall–Kier alpha value is -3.83. The second kappa shape index (κ2) is 9.56. The van der Waals surface area contributed by atoms with Crippen LogP contribution in [0.15, 0.2) is 54.9 Å². The molecule has 1 aliphatic heterocycles. The van der Waals surface area contributed by atoms with Crippen molar-refractivity contribution < 1.29 is 18.4 Å². The van der Waals surface area contributed by atoms with Crippen molar-refractivity contribution in [3.63, 3.8) is 0 Å². The van der Waals surface area contributed by atoms with Crippen LogP contribution in [-0.4, -0.2) is 46.2 Å². The van der Waals surface area contributed by atoms with Gasteiger partial charge in [0.2, 0.25) is 5.91 Å². The SMILES string of the molecule is N#C[C@]1(C2CC2)CC(F)(F)CN1C(=O)CNC(=O)c1ccncc1/C=C/c1ccc2cc(Cl)ccc2c1. The molecule has 6 nitrogen and oxygen atoms in total. The number of pyridine rings is 1. The van der Waals surface area contributed by atoms with Gasteiger partial charge < -0.3 is 10.2 Å². The molecule has 5 rings (SSSR count). The van der Waals surface area contributed by atoms with Crippen LogP contribution in [0.25, 0.3) is 22.9 Å². The first kappa shape index (κ1) is 24.8. The van der Waals surface area contributed by atoms with E-state index in [1.54, 1.807) is 6.08 Å². The maximum Gasteiger partial charge on any atom is 0.268 e. The first-order valence-electron chi connectivity index (χ1n) is 11.9. The monoisotopic (exact) mass is 520 g/mol. The highest BCUT2D eigenvalue weighted by Gasteiger charge is 2.62. The average Bonchev–Trinajstić information content (AvgIpc) is 3.70. The van der Waals surface area contributed by atoms with Gasteiger partial charge in [-0.3, -0.25) is 14.6 Å². The van der Waals surface area contributed by atoms with Gasteiger partial charge in [0, 0.05) is 28.5 Å². The van der Waals surface area contributed by atoms with Gasteiger partial charge >= 0.3 is 0 Å². The predicted molar refractivity (Wildman–Crippen MR) is 137 cm³/mol. The summed E-state index contributed by atoms with van der Waals surface area (Å²) in [7, 11) is 0. The number of hydrogen-bond acceptors (Lipinski definition) is 4. The van der Waals surface area contributed by atoms with Crippen molar-refractivity contribution in [1.29, 1.82) is 5.26 Å². The molecular weight excluding hydrogens is 498 g/mol. The van der Waals surface area contributed by atoms with Crippen molar-refractivity contribution in [2.45, 2.75) is 30.7 Å². The lowest BCUT2D eigenvalue weighted by atomic mass is 9.91. The van der Waals surface area contributed by atoms with Crippen LogP contribution in [0.3, 0.4) is 0 Å². The van der Waals surface area contributed by atoms with Crippen LogP contribution >= 0.6 is 11.6 Å². The lowest BCUT2D eigenvalue weighted by Gasteiger charge is -2.31. The number of hydrogen-bond donors (Lipinski definition) is 1. The molecule has 1 N–H and O–H groups in total. The summed E-state index contributed by atoms with van der Waals surface area (Å²) in [5.41, 5.74) is 0.206. The molecule has 1 aromatic heterocycles. The summed E-state index contributed by atoms with van der Waals surface area (Å²) in [5, 5.41) is 14.9. The summed E-state index contributed by atoms with van der Waals surface area (Å²) in [6.45, 7) is -1.29. The van der Waals surface area contributed by atoms with Gasteiger partial charge in [-0.2, -0.15) is 5.26 Å². The van der Waals surface area contributed by atoms with Gasteiger partial charge in [0.1, 0.15) is 5.54 Å². The highest BCUT2D eigenvalue weighted by Crippen LogP contribution is 2.52. The Bertz CT molecular complexity index is 1460. The van der Waals surface area contributed by atoms with Crippen molar-refractivity contribution in [3.05, 3.63) is 76.6 Å². The van der Waals surface area contributed by atoms with E-state index >= 15 is 0 Å². The van der Waals surface area contributed by atoms with E-state index in [9.17, 15) is 23.6 Å². The number of nitrogens with zero attached hydrogens (tertiary/aromatic N) is 3. The smallest absolute Gasteiger partial charge is 0.268 e. The van der Waals surface area contributed by atoms with E-state index in [-0.39, 0.29) is 11.5 Å². The van der Waals surface area contributed by atoms with Gasteiger partial charge in [-0.05, 0) is 59.4 Å². The Labute approximate surface area is 217 Å². The maximum absolute atomic E-state index is 14.2. The number of fused-ring (bicyclic) bond motifs is 1. The van der Waals surface area contributed by atoms with Crippen molar-refractivity contribution in [2.75, 3.05) is 13.1 Å². The van der Waals surface area contributed by atoms with E-state index in [1.165, 1.54) is 18.5 Å².